The largest absolute Gasteiger partial charge is 0.388 e. The SMILES string of the molecule is Cc1cccc2c1[C@H](O)CCC2. The minimum absolute atomic E-state index is 0.213. The normalized spacial score (nSPS) is 22.0. The summed E-state index contributed by atoms with van der Waals surface area (Å²) >= 11 is 0. The summed E-state index contributed by atoms with van der Waals surface area (Å²) in [5, 5.41) is 9.74. The Bertz CT molecular complexity index is 291. The van der Waals surface area contributed by atoms with Gasteiger partial charge in [0.25, 0.3) is 0 Å². The Balaban J connectivity index is 2.53. The lowest BCUT2D eigenvalue weighted by Gasteiger charge is -2.22. The van der Waals surface area contributed by atoms with Crippen LogP contribution in [0.2, 0.25) is 0 Å². The summed E-state index contributed by atoms with van der Waals surface area (Å²) in [7, 11) is 0. The number of aliphatic hydroxyl groups excluding tert-OH is 1. The van der Waals surface area contributed by atoms with E-state index in [4.69, 9.17) is 0 Å². The van der Waals surface area contributed by atoms with Gasteiger partial charge in [-0.15, -0.1) is 0 Å². The van der Waals surface area contributed by atoms with Gasteiger partial charge < -0.3 is 5.11 Å². The minimum Gasteiger partial charge on any atom is -0.388 e. The van der Waals surface area contributed by atoms with E-state index in [-0.39, 0.29) is 6.10 Å². The molecule has 1 aliphatic carbocycles. The number of hydrogen-bond donors (Lipinski definition) is 1. The maximum absolute atomic E-state index is 9.74. The van der Waals surface area contributed by atoms with Crippen LogP contribution in [0.25, 0.3) is 0 Å². The summed E-state index contributed by atoms with van der Waals surface area (Å²) < 4.78 is 0. The van der Waals surface area contributed by atoms with Gasteiger partial charge in [-0.1, -0.05) is 18.2 Å². The highest BCUT2D eigenvalue weighted by Gasteiger charge is 2.18. The van der Waals surface area contributed by atoms with Crippen LogP contribution in [0.4, 0.5) is 0 Å². The standard InChI is InChI=1S/C11H14O/c1-8-4-2-5-9-6-3-7-10(12)11(8)9/h2,4-5,10,12H,3,6-7H2,1H3/t10-/m1/s1. The van der Waals surface area contributed by atoms with Gasteiger partial charge >= 0.3 is 0 Å². The summed E-state index contributed by atoms with van der Waals surface area (Å²) in [6.45, 7) is 2.08. The molecule has 0 fully saturated rings. The van der Waals surface area contributed by atoms with Gasteiger partial charge in [-0.3, -0.25) is 0 Å². The van der Waals surface area contributed by atoms with E-state index in [1.54, 1.807) is 0 Å². The van der Waals surface area contributed by atoms with Crippen LogP contribution in [0, 0.1) is 6.92 Å². The molecule has 12 heavy (non-hydrogen) atoms. The molecule has 0 heterocycles. The highest BCUT2D eigenvalue weighted by molar-refractivity contribution is 5.37. The maximum atomic E-state index is 9.74. The molecular formula is C11H14O. The molecular weight excluding hydrogens is 148 g/mol. The Kier molecular flexibility index (Phi) is 1.89. The molecule has 1 heteroatoms. The molecule has 0 saturated carbocycles. The summed E-state index contributed by atoms with van der Waals surface area (Å²) in [5.41, 5.74) is 3.76. The fourth-order valence-corrected chi connectivity index (χ4v) is 2.07. The summed E-state index contributed by atoms with van der Waals surface area (Å²) in [6.07, 6.45) is 2.97. The molecule has 0 bridgehead atoms. The molecule has 1 aromatic carbocycles. The van der Waals surface area contributed by atoms with E-state index in [1.165, 1.54) is 16.7 Å². The lowest BCUT2D eigenvalue weighted by Crippen LogP contribution is -2.10. The van der Waals surface area contributed by atoms with Crippen LogP contribution in [0.15, 0.2) is 18.2 Å². The zero-order chi connectivity index (χ0) is 8.55. The molecule has 1 N–H and O–H groups in total. The number of aryl methyl sites for hydroxylation is 2. The van der Waals surface area contributed by atoms with E-state index in [2.05, 4.69) is 25.1 Å². The van der Waals surface area contributed by atoms with Crippen molar-refractivity contribution < 1.29 is 5.11 Å². The van der Waals surface area contributed by atoms with E-state index >= 15 is 0 Å². The van der Waals surface area contributed by atoms with Crippen LogP contribution in [0.5, 0.6) is 0 Å². The molecule has 2 rings (SSSR count). The fourth-order valence-electron chi connectivity index (χ4n) is 2.07. The molecule has 0 spiro atoms. The molecule has 0 amide bonds. The number of fused-ring (bicyclic) bond motifs is 1. The second-order valence-corrected chi connectivity index (χ2v) is 3.56. The Morgan fingerprint density at radius 2 is 2.25 bits per heavy atom. The van der Waals surface area contributed by atoms with Crippen molar-refractivity contribution in [3.63, 3.8) is 0 Å². The summed E-state index contributed by atoms with van der Waals surface area (Å²) in [5.74, 6) is 0. The highest BCUT2D eigenvalue weighted by atomic mass is 16.3. The van der Waals surface area contributed by atoms with Gasteiger partial charge in [0, 0.05) is 0 Å². The first-order valence-electron chi connectivity index (χ1n) is 4.55. The summed E-state index contributed by atoms with van der Waals surface area (Å²) in [4.78, 5) is 0. The topological polar surface area (TPSA) is 20.2 Å². The van der Waals surface area contributed by atoms with Gasteiger partial charge in [-0.2, -0.15) is 0 Å². The van der Waals surface area contributed by atoms with Gasteiger partial charge in [0.05, 0.1) is 6.10 Å². The van der Waals surface area contributed by atoms with Crippen molar-refractivity contribution in [2.45, 2.75) is 32.3 Å². The van der Waals surface area contributed by atoms with E-state index in [0.717, 1.165) is 19.3 Å². The van der Waals surface area contributed by atoms with Gasteiger partial charge in [0.2, 0.25) is 0 Å². The van der Waals surface area contributed by atoms with E-state index in [1.807, 2.05) is 0 Å². The highest BCUT2D eigenvalue weighted by Crippen LogP contribution is 2.31. The molecule has 0 aromatic heterocycles. The monoisotopic (exact) mass is 162 g/mol. The van der Waals surface area contributed by atoms with Gasteiger partial charge in [-0.25, -0.2) is 0 Å². The van der Waals surface area contributed by atoms with Crippen molar-refractivity contribution in [1.29, 1.82) is 0 Å². The Labute approximate surface area is 73.0 Å². The molecule has 64 valence electrons. The molecule has 1 nitrogen and oxygen atoms in total. The molecule has 1 atom stereocenters. The number of rotatable bonds is 0. The van der Waals surface area contributed by atoms with Crippen LogP contribution < -0.4 is 0 Å². The molecule has 1 aliphatic rings. The van der Waals surface area contributed by atoms with Crippen molar-refractivity contribution in [2.75, 3.05) is 0 Å². The Morgan fingerprint density at radius 1 is 1.42 bits per heavy atom. The first-order chi connectivity index (χ1) is 5.79. The van der Waals surface area contributed by atoms with E-state index < -0.39 is 0 Å². The predicted molar refractivity (Wildman–Crippen MR) is 49.1 cm³/mol. The van der Waals surface area contributed by atoms with Crippen molar-refractivity contribution >= 4 is 0 Å². The number of hydrogen-bond acceptors (Lipinski definition) is 1. The van der Waals surface area contributed by atoms with Gasteiger partial charge in [0.1, 0.15) is 0 Å². The van der Waals surface area contributed by atoms with Crippen molar-refractivity contribution in [3.8, 4) is 0 Å². The zero-order valence-electron chi connectivity index (χ0n) is 7.38. The zero-order valence-corrected chi connectivity index (χ0v) is 7.38. The van der Waals surface area contributed by atoms with Crippen LogP contribution in [-0.4, -0.2) is 5.11 Å². The third kappa shape index (κ3) is 1.14. The third-order valence-corrected chi connectivity index (χ3v) is 2.67. The van der Waals surface area contributed by atoms with Crippen LogP contribution in [-0.2, 0) is 6.42 Å². The number of aliphatic hydroxyl groups is 1. The Hall–Kier alpha value is -0.820. The predicted octanol–water partition coefficient (Wildman–Crippen LogP) is 2.36. The molecule has 0 saturated heterocycles. The number of benzene rings is 1. The first kappa shape index (κ1) is 7.81. The molecule has 1 aromatic rings. The quantitative estimate of drug-likeness (QED) is 0.621. The average molecular weight is 162 g/mol. The lowest BCUT2D eigenvalue weighted by molar-refractivity contribution is 0.156. The molecule has 0 unspecified atom stereocenters. The molecule has 0 radical (unpaired) electrons. The van der Waals surface area contributed by atoms with E-state index in [9.17, 15) is 5.11 Å². The maximum Gasteiger partial charge on any atom is 0.0795 e. The van der Waals surface area contributed by atoms with Crippen LogP contribution >= 0.6 is 0 Å². The third-order valence-electron chi connectivity index (χ3n) is 2.67. The van der Waals surface area contributed by atoms with Crippen molar-refractivity contribution in [1.82, 2.24) is 0 Å². The van der Waals surface area contributed by atoms with E-state index in [0.29, 0.717) is 0 Å². The lowest BCUT2D eigenvalue weighted by atomic mass is 9.87. The van der Waals surface area contributed by atoms with Crippen molar-refractivity contribution in [2.24, 2.45) is 0 Å². The first-order valence-corrected chi connectivity index (χ1v) is 4.55. The Morgan fingerprint density at radius 3 is 3.00 bits per heavy atom. The van der Waals surface area contributed by atoms with Crippen LogP contribution in [0.1, 0.15) is 35.6 Å². The second kappa shape index (κ2) is 2.91. The average Bonchev–Trinajstić information content (AvgIpc) is 2.04. The van der Waals surface area contributed by atoms with Crippen LogP contribution in [0.3, 0.4) is 0 Å². The van der Waals surface area contributed by atoms with Gasteiger partial charge in [0.15, 0.2) is 0 Å². The fraction of sp³-hybridized carbons (Fsp3) is 0.455. The van der Waals surface area contributed by atoms with Gasteiger partial charge in [-0.05, 0) is 42.9 Å². The minimum atomic E-state index is -0.213. The van der Waals surface area contributed by atoms with Crippen molar-refractivity contribution in [3.05, 3.63) is 34.9 Å². The smallest absolute Gasteiger partial charge is 0.0795 e. The summed E-state index contributed by atoms with van der Waals surface area (Å²) in [6, 6.07) is 6.28. The second-order valence-electron chi connectivity index (χ2n) is 3.56. The molecule has 0 aliphatic heterocycles.